The molecule has 0 atom stereocenters. The molecule has 2 rings (SSSR count). The minimum absolute atomic E-state index is 0.0901. The summed E-state index contributed by atoms with van der Waals surface area (Å²) < 4.78 is 16.6. The second-order valence-corrected chi connectivity index (χ2v) is 6.43. The van der Waals surface area contributed by atoms with Crippen LogP contribution < -0.4 is 19.5 Å². The molecular weight excluding hydrogens is 372 g/mol. The number of carbonyl (C=O) groups excluding carboxylic acids is 2. The summed E-state index contributed by atoms with van der Waals surface area (Å²) in [4.78, 5) is 25.9. The minimum atomic E-state index is -0.317. The van der Waals surface area contributed by atoms with Crippen LogP contribution in [0.2, 0.25) is 0 Å². The first-order valence-electron chi connectivity index (χ1n) is 9.55. The van der Waals surface area contributed by atoms with Crippen molar-refractivity contribution in [1.29, 1.82) is 0 Å². The van der Waals surface area contributed by atoms with Gasteiger partial charge in [0, 0.05) is 18.8 Å². The molecule has 0 spiro atoms. The summed E-state index contributed by atoms with van der Waals surface area (Å²) >= 11 is 0. The third kappa shape index (κ3) is 7.03. The third-order valence-electron chi connectivity index (χ3n) is 3.99. The number of anilines is 1. The van der Waals surface area contributed by atoms with E-state index in [4.69, 9.17) is 14.2 Å². The summed E-state index contributed by atoms with van der Waals surface area (Å²) in [6.07, 6.45) is 0. The standard InChI is InChI=1S/C22H28N2O5/c1-5-27-19-11-10-17(13-20(19)28-6-2)23-21(25)14-24(4)22(26)15-29-18-9-7-8-16(3)12-18/h7-13H,5-6,14-15H2,1-4H3,(H,23,25). The predicted molar refractivity (Wildman–Crippen MR) is 112 cm³/mol. The Hall–Kier alpha value is -3.22. The normalized spacial score (nSPS) is 10.2. The highest BCUT2D eigenvalue weighted by Gasteiger charge is 2.15. The third-order valence-corrected chi connectivity index (χ3v) is 3.99. The van der Waals surface area contributed by atoms with Gasteiger partial charge in [-0.1, -0.05) is 12.1 Å². The molecule has 156 valence electrons. The summed E-state index contributed by atoms with van der Waals surface area (Å²) in [5.41, 5.74) is 1.61. The van der Waals surface area contributed by atoms with Gasteiger partial charge >= 0.3 is 0 Å². The zero-order chi connectivity index (χ0) is 21.2. The zero-order valence-electron chi connectivity index (χ0n) is 17.4. The van der Waals surface area contributed by atoms with Gasteiger partial charge in [-0.2, -0.15) is 0 Å². The number of likely N-dealkylation sites (N-methyl/N-ethyl adjacent to an activating group) is 1. The van der Waals surface area contributed by atoms with Crippen LogP contribution in [0, 0.1) is 6.92 Å². The largest absolute Gasteiger partial charge is 0.490 e. The maximum absolute atomic E-state index is 12.3. The average molecular weight is 400 g/mol. The van der Waals surface area contributed by atoms with Crippen molar-refractivity contribution in [3.63, 3.8) is 0 Å². The molecule has 2 aromatic carbocycles. The maximum Gasteiger partial charge on any atom is 0.260 e. The molecule has 0 aliphatic heterocycles. The smallest absolute Gasteiger partial charge is 0.260 e. The number of nitrogens with one attached hydrogen (secondary N) is 1. The molecule has 0 aliphatic rings. The Morgan fingerprint density at radius 1 is 0.966 bits per heavy atom. The van der Waals surface area contributed by atoms with Crippen LogP contribution in [-0.4, -0.2) is 50.1 Å². The summed E-state index contributed by atoms with van der Waals surface area (Å²) in [6, 6.07) is 12.6. The minimum Gasteiger partial charge on any atom is -0.490 e. The molecule has 0 unspecified atom stereocenters. The molecule has 29 heavy (non-hydrogen) atoms. The van der Waals surface area contributed by atoms with Crippen LogP contribution in [-0.2, 0) is 9.59 Å². The highest BCUT2D eigenvalue weighted by Crippen LogP contribution is 2.30. The zero-order valence-corrected chi connectivity index (χ0v) is 17.4. The molecule has 2 amide bonds. The van der Waals surface area contributed by atoms with E-state index in [9.17, 15) is 9.59 Å². The molecule has 0 heterocycles. The molecular formula is C22H28N2O5. The quantitative estimate of drug-likeness (QED) is 0.662. The number of ether oxygens (including phenoxy) is 3. The van der Waals surface area contributed by atoms with Crippen molar-refractivity contribution in [1.82, 2.24) is 4.90 Å². The molecule has 0 bridgehead atoms. The van der Waals surface area contributed by atoms with Crippen molar-refractivity contribution in [2.24, 2.45) is 0 Å². The van der Waals surface area contributed by atoms with Crippen LogP contribution in [0.15, 0.2) is 42.5 Å². The molecule has 0 saturated carbocycles. The number of nitrogens with zero attached hydrogens (tertiary/aromatic N) is 1. The second-order valence-electron chi connectivity index (χ2n) is 6.43. The topological polar surface area (TPSA) is 77.1 Å². The number of hydrogen-bond acceptors (Lipinski definition) is 5. The molecule has 0 aromatic heterocycles. The fourth-order valence-electron chi connectivity index (χ4n) is 2.59. The Balaban J connectivity index is 1.88. The molecule has 0 fully saturated rings. The van der Waals surface area contributed by atoms with Crippen LogP contribution in [0.25, 0.3) is 0 Å². The fraction of sp³-hybridized carbons (Fsp3) is 0.364. The van der Waals surface area contributed by atoms with Gasteiger partial charge in [-0.15, -0.1) is 0 Å². The van der Waals surface area contributed by atoms with Crippen LogP contribution in [0.5, 0.6) is 17.2 Å². The average Bonchev–Trinajstić information content (AvgIpc) is 2.68. The van der Waals surface area contributed by atoms with Crippen LogP contribution >= 0.6 is 0 Å². The van der Waals surface area contributed by atoms with Crippen molar-refractivity contribution in [2.75, 3.05) is 38.7 Å². The first-order chi connectivity index (χ1) is 13.9. The lowest BCUT2D eigenvalue weighted by Gasteiger charge is -2.18. The molecule has 7 nitrogen and oxygen atoms in total. The molecule has 0 aliphatic carbocycles. The lowest BCUT2D eigenvalue weighted by atomic mass is 10.2. The fourth-order valence-corrected chi connectivity index (χ4v) is 2.59. The highest BCUT2D eigenvalue weighted by molar-refractivity contribution is 5.94. The van der Waals surface area contributed by atoms with Gasteiger partial charge < -0.3 is 24.4 Å². The summed E-state index contributed by atoms with van der Waals surface area (Å²) in [5, 5.41) is 2.77. The number of aryl methyl sites for hydroxylation is 1. The number of carbonyl (C=O) groups is 2. The van der Waals surface area contributed by atoms with E-state index in [1.54, 1.807) is 31.3 Å². The first-order valence-corrected chi connectivity index (χ1v) is 9.55. The van der Waals surface area contributed by atoms with Crippen LogP contribution in [0.4, 0.5) is 5.69 Å². The Kier molecular flexibility index (Phi) is 8.33. The molecule has 2 aromatic rings. The first kappa shape index (κ1) is 22.1. The Morgan fingerprint density at radius 3 is 2.38 bits per heavy atom. The van der Waals surface area contributed by atoms with E-state index in [2.05, 4.69) is 5.32 Å². The molecule has 1 N–H and O–H groups in total. The SMILES string of the molecule is CCOc1ccc(NC(=O)CN(C)C(=O)COc2cccc(C)c2)cc1OCC. The van der Waals surface area contributed by atoms with Gasteiger partial charge in [-0.05, 0) is 50.6 Å². The Labute approximate surface area is 171 Å². The van der Waals surface area contributed by atoms with Gasteiger partial charge in [-0.3, -0.25) is 9.59 Å². The van der Waals surface area contributed by atoms with Gasteiger partial charge in [0.2, 0.25) is 5.91 Å². The van der Waals surface area contributed by atoms with E-state index in [1.165, 1.54) is 4.90 Å². The summed E-state index contributed by atoms with van der Waals surface area (Å²) in [7, 11) is 1.56. The van der Waals surface area contributed by atoms with Gasteiger partial charge in [0.25, 0.3) is 5.91 Å². The van der Waals surface area contributed by atoms with Crippen LogP contribution in [0.3, 0.4) is 0 Å². The van der Waals surface area contributed by atoms with Gasteiger partial charge in [0.05, 0.1) is 19.8 Å². The second kappa shape index (κ2) is 10.9. The number of amides is 2. The molecule has 0 saturated heterocycles. The lowest BCUT2D eigenvalue weighted by molar-refractivity contribution is -0.135. The van der Waals surface area contributed by atoms with Crippen LogP contribution in [0.1, 0.15) is 19.4 Å². The van der Waals surface area contributed by atoms with E-state index in [1.807, 2.05) is 39.0 Å². The monoisotopic (exact) mass is 400 g/mol. The Morgan fingerprint density at radius 2 is 1.69 bits per heavy atom. The molecule has 7 heteroatoms. The number of hydrogen-bond donors (Lipinski definition) is 1. The predicted octanol–water partition coefficient (Wildman–Crippen LogP) is 3.27. The summed E-state index contributed by atoms with van der Waals surface area (Å²) in [5.74, 6) is 1.19. The van der Waals surface area contributed by atoms with E-state index in [0.717, 1.165) is 5.56 Å². The number of benzene rings is 2. The van der Waals surface area contributed by atoms with E-state index < -0.39 is 0 Å². The van der Waals surface area contributed by atoms with E-state index >= 15 is 0 Å². The Bertz CT molecular complexity index is 838. The van der Waals surface area contributed by atoms with Crippen molar-refractivity contribution in [2.45, 2.75) is 20.8 Å². The lowest BCUT2D eigenvalue weighted by Crippen LogP contribution is -2.37. The van der Waals surface area contributed by atoms with Gasteiger partial charge in [0.1, 0.15) is 5.75 Å². The van der Waals surface area contributed by atoms with E-state index in [0.29, 0.717) is 36.1 Å². The van der Waals surface area contributed by atoms with Crippen molar-refractivity contribution < 1.29 is 23.8 Å². The summed E-state index contributed by atoms with van der Waals surface area (Å²) in [6.45, 7) is 6.49. The van der Waals surface area contributed by atoms with Crippen molar-refractivity contribution in [3.8, 4) is 17.2 Å². The van der Waals surface area contributed by atoms with E-state index in [-0.39, 0.29) is 25.0 Å². The maximum atomic E-state index is 12.3. The van der Waals surface area contributed by atoms with Gasteiger partial charge in [-0.25, -0.2) is 0 Å². The molecule has 0 radical (unpaired) electrons. The van der Waals surface area contributed by atoms with Crippen molar-refractivity contribution in [3.05, 3.63) is 48.0 Å². The van der Waals surface area contributed by atoms with Gasteiger partial charge in [0.15, 0.2) is 18.1 Å². The van der Waals surface area contributed by atoms with Crippen molar-refractivity contribution >= 4 is 17.5 Å². The number of rotatable bonds is 10. The highest BCUT2D eigenvalue weighted by atomic mass is 16.5.